The molecule has 0 spiro atoms. The van der Waals surface area contributed by atoms with Crippen molar-refractivity contribution < 1.29 is 0 Å². The Hall–Kier alpha value is -1.80. The standard InChI is InChI=1S/C18H24N2/c1-13-8-14(2)18(15(3)9-13)12-20-11-16-6-5-7-17(10-16)19-4/h5-10,19-20H,11-12H2,1-4H3. The second-order valence-corrected chi connectivity index (χ2v) is 5.43. The van der Waals surface area contributed by atoms with Gasteiger partial charge in [-0.1, -0.05) is 29.8 Å². The van der Waals surface area contributed by atoms with Crippen molar-refractivity contribution in [3.8, 4) is 0 Å². The van der Waals surface area contributed by atoms with Crippen LogP contribution in [-0.2, 0) is 13.1 Å². The molecule has 0 saturated heterocycles. The van der Waals surface area contributed by atoms with Crippen LogP contribution in [0.15, 0.2) is 36.4 Å². The average Bonchev–Trinajstić information content (AvgIpc) is 2.42. The highest BCUT2D eigenvalue weighted by molar-refractivity contribution is 5.45. The molecule has 20 heavy (non-hydrogen) atoms. The molecule has 2 aromatic rings. The molecule has 2 rings (SSSR count). The molecule has 0 aromatic heterocycles. The first-order valence-corrected chi connectivity index (χ1v) is 7.14. The van der Waals surface area contributed by atoms with E-state index in [1.807, 2.05) is 7.05 Å². The van der Waals surface area contributed by atoms with E-state index >= 15 is 0 Å². The second kappa shape index (κ2) is 6.58. The van der Waals surface area contributed by atoms with Gasteiger partial charge in [-0.05, 0) is 55.2 Å². The van der Waals surface area contributed by atoms with Crippen LogP contribution in [0.1, 0.15) is 27.8 Å². The summed E-state index contributed by atoms with van der Waals surface area (Å²) in [5.41, 5.74) is 7.97. The lowest BCUT2D eigenvalue weighted by Gasteiger charge is -2.13. The van der Waals surface area contributed by atoms with Crippen LogP contribution in [0.5, 0.6) is 0 Å². The molecule has 0 heterocycles. The van der Waals surface area contributed by atoms with Gasteiger partial charge in [0.05, 0.1) is 0 Å². The van der Waals surface area contributed by atoms with Gasteiger partial charge in [0.1, 0.15) is 0 Å². The van der Waals surface area contributed by atoms with Crippen LogP contribution >= 0.6 is 0 Å². The maximum absolute atomic E-state index is 3.54. The van der Waals surface area contributed by atoms with Crippen LogP contribution in [0.25, 0.3) is 0 Å². The molecule has 0 aliphatic carbocycles. The molecule has 2 heteroatoms. The Morgan fingerprint density at radius 1 is 0.900 bits per heavy atom. The van der Waals surface area contributed by atoms with Gasteiger partial charge in [-0.15, -0.1) is 0 Å². The average molecular weight is 268 g/mol. The smallest absolute Gasteiger partial charge is 0.0340 e. The Kier molecular flexibility index (Phi) is 4.80. The third-order valence-corrected chi connectivity index (χ3v) is 3.69. The first kappa shape index (κ1) is 14.6. The summed E-state index contributed by atoms with van der Waals surface area (Å²) in [5, 5.41) is 6.71. The van der Waals surface area contributed by atoms with Crippen molar-refractivity contribution in [2.45, 2.75) is 33.9 Å². The number of aryl methyl sites for hydroxylation is 3. The van der Waals surface area contributed by atoms with E-state index < -0.39 is 0 Å². The second-order valence-electron chi connectivity index (χ2n) is 5.43. The monoisotopic (exact) mass is 268 g/mol. The fourth-order valence-corrected chi connectivity index (χ4v) is 2.66. The third kappa shape index (κ3) is 3.61. The molecule has 2 aromatic carbocycles. The van der Waals surface area contributed by atoms with E-state index in [1.54, 1.807) is 0 Å². The van der Waals surface area contributed by atoms with Crippen molar-refractivity contribution in [2.24, 2.45) is 0 Å². The molecule has 0 amide bonds. The molecule has 0 aliphatic heterocycles. The van der Waals surface area contributed by atoms with Crippen LogP contribution < -0.4 is 10.6 Å². The van der Waals surface area contributed by atoms with E-state index in [9.17, 15) is 0 Å². The normalized spacial score (nSPS) is 10.6. The number of benzene rings is 2. The fourth-order valence-electron chi connectivity index (χ4n) is 2.66. The summed E-state index contributed by atoms with van der Waals surface area (Å²) in [6, 6.07) is 13.0. The minimum atomic E-state index is 0.891. The Morgan fingerprint density at radius 2 is 1.60 bits per heavy atom. The van der Waals surface area contributed by atoms with E-state index in [4.69, 9.17) is 0 Å². The van der Waals surface area contributed by atoms with Crippen molar-refractivity contribution >= 4 is 5.69 Å². The largest absolute Gasteiger partial charge is 0.388 e. The first-order chi connectivity index (χ1) is 9.60. The Bertz CT molecular complexity index is 565. The zero-order chi connectivity index (χ0) is 14.5. The first-order valence-electron chi connectivity index (χ1n) is 7.14. The quantitative estimate of drug-likeness (QED) is 0.858. The maximum atomic E-state index is 3.54. The molecular formula is C18H24N2. The molecule has 0 unspecified atom stereocenters. The van der Waals surface area contributed by atoms with Crippen LogP contribution in [0.3, 0.4) is 0 Å². The predicted octanol–water partition coefficient (Wildman–Crippen LogP) is 3.94. The molecule has 2 N–H and O–H groups in total. The summed E-state index contributed by atoms with van der Waals surface area (Å²) in [7, 11) is 1.95. The third-order valence-electron chi connectivity index (χ3n) is 3.69. The zero-order valence-electron chi connectivity index (χ0n) is 12.9. The molecule has 0 radical (unpaired) electrons. The minimum absolute atomic E-state index is 0.891. The Balaban J connectivity index is 1.99. The highest BCUT2D eigenvalue weighted by Crippen LogP contribution is 2.16. The van der Waals surface area contributed by atoms with Gasteiger partial charge in [-0.2, -0.15) is 0 Å². The lowest BCUT2D eigenvalue weighted by Crippen LogP contribution is -2.14. The highest BCUT2D eigenvalue weighted by Gasteiger charge is 2.03. The number of nitrogens with one attached hydrogen (secondary N) is 2. The van der Waals surface area contributed by atoms with Crippen LogP contribution in [-0.4, -0.2) is 7.05 Å². The van der Waals surface area contributed by atoms with Gasteiger partial charge in [-0.3, -0.25) is 0 Å². The molecule has 0 atom stereocenters. The maximum Gasteiger partial charge on any atom is 0.0340 e. The van der Waals surface area contributed by atoms with Crippen molar-refractivity contribution in [3.05, 3.63) is 64.2 Å². The van der Waals surface area contributed by atoms with Crippen molar-refractivity contribution in [3.63, 3.8) is 0 Å². The topological polar surface area (TPSA) is 24.1 Å². The Morgan fingerprint density at radius 3 is 2.25 bits per heavy atom. The van der Waals surface area contributed by atoms with E-state index in [0.717, 1.165) is 18.8 Å². The van der Waals surface area contributed by atoms with Gasteiger partial charge in [0.25, 0.3) is 0 Å². The SMILES string of the molecule is CNc1cccc(CNCc2c(C)cc(C)cc2C)c1. The van der Waals surface area contributed by atoms with Crippen LogP contribution in [0.2, 0.25) is 0 Å². The van der Waals surface area contributed by atoms with E-state index in [1.165, 1.54) is 27.8 Å². The van der Waals surface area contributed by atoms with Gasteiger partial charge in [0.2, 0.25) is 0 Å². The van der Waals surface area contributed by atoms with Crippen LogP contribution in [0, 0.1) is 20.8 Å². The number of hydrogen-bond acceptors (Lipinski definition) is 2. The fraction of sp³-hybridized carbons (Fsp3) is 0.333. The molecular weight excluding hydrogens is 244 g/mol. The van der Waals surface area contributed by atoms with Crippen LogP contribution in [0.4, 0.5) is 5.69 Å². The number of rotatable bonds is 5. The highest BCUT2D eigenvalue weighted by atomic mass is 14.9. The number of hydrogen-bond donors (Lipinski definition) is 2. The zero-order valence-corrected chi connectivity index (χ0v) is 12.9. The summed E-state index contributed by atoms with van der Waals surface area (Å²) in [6.07, 6.45) is 0. The Labute approximate surface area is 122 Å². The van der Waals surface area contributed by atoms with Gasteiger partial charge >= 0.3 is 0 Å². The molecule has 0 saturated carbocycles. The minimum Gasteiger partial charge on any atom is -0.388 e. The molecule has 0 aliphatic rings. The lowest BCUT2D eigenvalue weighted by molar-refractivity contribution is 0.688. The molecule has 0 fully saturated rings. The molecule has 2 nitrogen and oxygen atoms in total. The van der Waals surface area contributed by atoms with E-state index in [2.05, 4.69) is 67.8 Å². The summed E-state index contributed by atoms with van der Waals surface area (Å²) < 4.78 is 0. The van der Waals surface area contributed by atoms with Gasteiger partial charge in [-0.25, -0.2) is 0 Å². The molecule has 106 valence electrons. The van der Waals surface area contributed by atoms with Gasteiger partial charge in [0.15, 0.2) is 0 Å². The predicted molar refractivity (Wildman–Crippen MR) is 87.2 cm³/mol. The van der Waals surface area contributed by atoms with Crippen molar-refractivity contribution in [1.82, 2.24) is 5.32 Å². The van der Waals surface area contributed by atoms with E-state index in [0.29, 0.717) is 0 Å². The molecule has 0 bridgehead atoms. The van der Waals surface area contributed by atoms with Crippen molar-refractivity contribution in [1.29, 1.82) is 0 Å². The summed E-state index contributed by atoms with van der Waals surface area (Å²) in [6.45, 7) is 8.35. The van der Waals surface area contributed by atoms with Crippen molar-refractivity contribution in [2.75, 3.05) is 12.4 Å². The summed E-state index contributed by atoms with van der Waals surface area (Å²) in [5.74, 6) is 0. The summed E-state index contributed by atoms with van der Waals surface area (Å²) >= 11 is 0. The van der Waals surface area contributed by atoms with Gasteiger partial charge < -0.3 is 10.6 Å². The van der Waals surface area contributed by atoms with Gasteiger partial charge in [0, 0.05) is 25.8 Å². The number of anilines is 1. The van der Waals surface area contributed by atoms with E-state index in [-0.39, 0.29) is 0 Å². The lowest BCUT2D eigenvalue weighted by atomic mass is 10.00. The summed E-state index contributed by atoms with van der Waals surface area (Å²) in [4.78, 5) is 0.